The van der Waals surface area contributed by atoms with Crippen molar-refractivity contribution in [3.8, 4) is 11.9 Å². The van der Waals surface area contributed by atoms with Gasteiger partial charge in [-0.15, -0.1) is 0 Å². The first-order valence-corrected chi connectivity index (χ1v) is 6.11. The molecule has 0 atom stereocenters. The molecule has 0 bridgehead atoms. The fourth-order valence-electron chi connectivity index (χ4n) is 1.42. The summed E-state index contributed by atoms with van der Waals surface area (Å²) in [6, 6.07) is 3.81. The highest BCUT2D eigenvalue weighted by Gasteiger charge is 2.10. The minimum absolute atomic E-state index is 0.408. The van der Waals surface area contributed by atoms with Crippen molar-refractivity contribution >= 4 is 11.9 Å². The molecule has 4 heteroatoms. The zero-order valence-electron chi connectivity index (χ0n) is 11.4. The van der Waals surface area contributed by atoms with Gasteiger partial charge in [0.25, 0.3) is 0 Å². The average Bonchev–Trinajstić information content (AvgIpc) is 2.32. The number of nitrogens with zero attached hydrogens (tertiary/aromatic N) is 3. The highest BCUT2D eigenvalue weighted by atomic mass is 16.5. The van der Waals surface area contributed by atoms with Crippen LogP contribution in [0.5, 0.6) is 5.88 Å². The molecule has 0 N–H and O–H groups in total. The summed E-state index contributed by atoms with van der Waals surface area (Å²) >= 11 is 0. The van der Waals surface area contributed by atoms with Crippen LogP contribution < -0.4 is 4.74 Å². The van der Waals surface area contributed by atoms with Crippen molar-refractivity contribution in [2.45, 2.75) is 34.1 Å². The third-order valence-corrected chi connectivity index (χ3v) is 2.47. The van der Waals surface area contributed by atoms with Crippen LogP contribution in [0.3, 0.4) is 0 Å². The zero-order chi connectivity index (χ0) is 13.5. The van der Waals surface area contributed by atoms with Crippen LogP contribution in [0.4, 0.5) is 5.69 Å². The van der Waals surface area contributed by atoms with E-state index in [-0.39, 0.29) is 0 Å². The predicted molar refractivity (Wildman–Crippen MR) is 72.5 cm³/mol. The molecule has 0 saturated carbocycles. The first kappa shape index (κ1) is 14.2. The van der Waals surface area contributed by atoms with Gasteiger partial charge in [0.05, 0.1) is 18.0 Å². The Hall–Kier alpha value is -1.89. The molecule has 0 aliphatic heterocycles. The highest BCUT2D eigenvalue weighted by Crippen LogP contribution is 2.24. The second kappa shape index (κ2) is 6.75. The predicted octanol–water partition coefficient (Wildman–Crippen LogP) is 3.41. The average molecular weight is 245 g/mol. The number of hydrogen-bond donors (Lipinski definition) is 0. The van der Waals surface area contributed by atoms with Crippen LogP contribution in [0.1, 0.15) is 38.4 Å². The summed E-state index contributed by atoms with van der Waals surface area (Å²) in [5, 5.41) is 9.09. The molecule has 1 rings (SSSR count). The van der Waals surface area contributed by atoms with E-state index in [1.165, 1.54) is 0 Å². The van der Waals surface area contributed by atoms with E-state index in [1.54, 1.807) is 12.3 Å². The quantitative estimate of drug-likeness (QED) is 0.747. The zero-order valence-corrected chi connectivity index (χ0v) is 11.4. The third kappa shape index (κ3) is 3.85. The van der Waals surface area contributed by atoms with Crippen LogP contribution in [0.2, 0.25) is 0 Å². The SMILES string of the molecule is CC=Nc1cc(C#N)c(OCCC(C)C)nc1C. The molecule has 18 heavy (non-hydrogen) atoms. The minimum atomic E-state index is 0.408. The van der Waals surface area contributed by atoms with Gasteiger partial charge in [-0.1, -0.05) is 13.8 Å². The Labute approximate surface area is 108 Å². The summed E-state index contributed by atoms with van der Waals surface area (Å²) in [5.41, 5.74) is 1.92. The number of nitriles is 1. The Bertz CT molecular complexity index is 473. The summed E-state index contributed by atoms with van der Waals surface area (Å²) < 4.78 is 5.57. The van der Waals surface area contributed by atoms with E-state index in [9.17, 15) is 0 Å². The molecule has 0 aliphatic rings. The fourth-order valence-corrected chi connectivity index (χ4v) is 1.42. The van der Waals surface area contributed by atoms with Crippen molar-refractivity contribution in [3.05, 3.63) is 17.3 Å². The van der Waals surface area contributed by atoms with E-state index in [1.807, 2.05) is 13.8 Å². The van der Waals surface area contributed by atoms with Crippen molar-refractivity contribution in [2.75, 3.05) is 6.61 Å². The maximum Gasteiger partial charge on any atom is 0.232 e. The number of hydrogen-bond acceptors (Lipinski definition) is 4. The minimum Gasteiger partial charge on any atom is -0.477 e. The summed E-state index contributed by atoms with van der Waals surface area (Å²) in [5.74, 6) is 0.978. The van der Waals surface area contributed by atoms with Crippen LogP contribution in [0.15, 0.2) is 11.1 Å². The molecule has 0 amide bonds. The molecular weight excluding hydrogens is 226 g/mol. The number of aromatic nitrogens is 1. The first-order chi connectivity index (χ1) is 8.58. The van der Waals surface area contributed by atoms with E-state index in [4.69, 9.17) is 10.00 Å². The second-order valence-electron chi connectivity index (χ2n) is 4.48. The van der Waals surface area contributed by atoms with Crippen LogP contribution >= 0.6 is 0 Å². The Morgan fingerprint density at radius 2 is 2.28 bits per heavy atom. The monoisotopic (exact) mass is 245 g/mol. The molecule has 0 aromatic carbocycles. The van der Waals surface area contributed by atoms with Gasteiger partial charge < -0.3 is 4.74 Å². The molecule has 0 saturated heterocycles. The molecule has 0 aliphatic carbocycles. The van der Waals surface area contributed by atoms with Crippen molar-refractivity contribution in [1.29, 1.82) is 5.26 Å². The molecule has 0 fully saturated rings. The molecule has 96 valence electrons. The molecule has 1 aromatic heterocycles. The Morgan fingerprint density at radius 3 is 2.83 bits per heavy atom. The Balaban J connectivity index is 2.92. The third-order valence-electron chi connectivity index (χ3n) is 2.47. The Kier molecular flexibility index (Phi) is 5.31. The van der Waals surface area contributed by atoms with Gasteiger partial charge in [-0.25, -0.2) is 4.98 Å². The van der Waals surface area contributed by atoms with E-state index in [0.29, 0.717) is 29.7 Å². The number of ether oxygens (including phenoxy) is 1. The number of pyridine rings is 1. The maximum absolute atomic E-state index is 9.09. The fraction of sp³-hybridized carbons (Fsp3) is 0.500. The van der Waals surface area contributed by atoms with Gasteiger partial charge in [-0.3, -0.25) is 4.99 Å². The summed E-state index contributed by atoms with van der Waals surface area (Å²) in [7, 11) is 0. The van der Waals surface area contributed by atoms with Crippen molar-refractivity contribution in [1.82, 2.24) is 4.98 Å². The molecule has 4 nitrogen and oxygen atoms in total. The van der Waals surface area contributed by atoms with Crippen LogP contribution in [-0.4, -0.2) is 17.8 Å². The number of aliphatic imine (C=N–C) groups is 1. The summed E-state index contributed by atoms with van der Waals surface area (Å²) in [6.45, 7) is 8.53. The summed E-state index contributed by atoms with van der Waals surface area (Å²) in [6.07, 6.45) is 2.63. The van der Waals surface area contributed by atoms with Gasteiger partial charge in [0, 0.05) is 6.21 Å². The van der Waals surface area contributed by atoms with Crippen molar-refractivity contribution in [3.63, 3.8) is 0 Å². The van der Waals surface area contributed by atoms with E-state index >= 15 is 0 Å². The first-order valence-electron chi connectivity index (χ1n) is 6.11. The largest absolute Gasteiger partial charge is 0.477 e. The van der Waals surface area contributed by atoms with Gasteiger partial charge in [0.15, 0.2) is 0 Å². The number of aryl methyl sites for hydroxylation is 1. The maximum atomic E-state index is 9.09. The molecule has 1 heterocycles. The highest BCUT2D eigenvalue weighted by molar-refractivity contribution is 5.63. The van der Waals surface area contributed by atoms with Crippen molar-refractivity contribution < 1.29 is 4.74 Å². The molecule has 0 unspecified atom stereocenters. The van der Waals surface area contributed by atoms with E-state index < -0.39 is 0 Å². The second-order valence-corrected chi connectivity index (χ2v) is 4.48. The van der Waals surface area contributed by atoms with E-state index in [0.717, 1.165) is 12.1 Å². The standard InChI is InChI=1S/C14H19N3O/c1-5-16-13-8-12(9-15)14(17-11(13)4)18-7-6-10(2)3/h5,8,10H,6-7H2,1-4H3. The van der Waals surface area contributed by atoms with Gasteiger partial charge in [0.1, 0.15) is 11.6 Å². The van der Waals surface area contributed by atoms with Gasteiger partial charge in [-0.2, -0.15) is 5.26 Å². The lowest BCUT2D eigenvalue weighted by Crippen LogP contribution is -2.04. The van der Waals surface area contributed by atoms with Crippen molar-refractivity contribution in [2.24, 2.45) is 10.9 Å². The Morgan fingerprint density at radius 1 is 1.56 bits per heavy atom. The van der Waals surface area contributed by atoms with Crippen LogP contribution in [0, 0.1) is 24.2 Å². The topological polar surface area (TPSA) is 58.3 Å². The normalized spacial score (nSPS) is 10.9. The van der Waals surface area contributed by atoms with Gasteiger partial charge in [-0.05, 0) is 32.3 Å². The molecule has 1 aromatic rings. The van der Waals surface area contributed by atoms with Gasteiger partial charge in [0.2, 0.25) is 5.88 Å². The number of rotatable bonds is 5. The lowest BCUT2D eigenvalue weighted by molar-refractivity contribution is 0.278. The van der Waals surface area contributed by atoms with Gasteiger partial charge >= 0.3 is 0 Å². The molecule has 0 radical (unpaired) electrons. The lowest BCUT2D eigenvalue weighted by atomic mass is 10.1. The molecule has 0 spiro atoms. The van der Waals surface area contributed by atoms with Crippen LogP contribution in [0.25, 0.3) is 0 Å². The smallest absolute Gasteiger partial charge is 0.232 e. The lowest BCUT2D eigenvalue weighted by Gasteiger charge is -2.10. The molecular formula is C14H19N3O. The summed E-state index contributed by atoms with van der Waals surface area (Å²) in [4.78, 5) is 8.47. The van der Waals surface area contributed by atoms with Crippen LogP contribution in [-0.2, 0) is 0 Å². The van der Waals surface area contributed by atoms with E-state index in [2.05, 4.69) is 29.9 Å².